The Balaban J connectivity index is 1.37. The molecule has 0 bridgehead atoms. The van der Waals surface area contributed by atoms with Crippen LogP contribution >= 0.6 is 11.3 Å². The number of rotatable bonds is 3. The van der Waals surface area contributed by atoms with Crippen molar-refractivity contribution in [2.24, 2.45) is 0 Å². The van der Waals surface area contributed by atoms with Crippen molar-refractivity contribution in [2.75, 3.05) is 5.32 Å². The topological polar surface area (TPSA) is 46.4 Å². The number of pyridine rings is 1. The third-order valence-corrected chi connectivity index (χ3v) is 5.82. The molecule has 0 spiro atoms. The number of nitrogens with one attached hydrogen (secondary N) is 1. The third kappa shape index (κ3) is 3.06. The van der Waals surface area contributed by atoms with Crippen LogP contribution in [0.3, 0.4) is 0 Å². The molecular formula is C23H17N3OS. The monoisotopic (exact) mass is 383 g/mol. The van der Waals surface area contributed by atoms with Crippen molar-refractivity contribution in [2.45, 2.75) is 6.92 Å². The SMILES string of the molecule is Cc1ccn2cc(-c3ccc(NC(=O)c4cc5ccccc5s4)cc3)nc2c1. The van der Waals surface area contributed by atoms with Crippen molar-refractivity contribution in [3.8, 4) is 11.3 Å². The maximum atomic E-state index is 12.6. The fourth-order valence-electron chi connectivity index (χ4n) is 3.23. The highest BCUT2D eigenvalue weighted by Crippen LogP contribution is 2.27. The predicted molar refractivity (Wildman–Crippen MR) is 115 cm³/mol. The zero-order valence-corrected chi connectivity index (χ0v) is 16.0. The number of fused-ring (bicyclic) bond motifs is 2. The van der Waals surface area contributed by atoms with E-state index in [4.69, 9.17) is 0 Å². The summed E-state index contributed by atoms with van der Waals surface area (Å²) in [5.41, 5.74) is 4.81. The molecule has 0 saturated carbocycles. The second-order valence-electron chi connectivity index (χ2n) is 6.78. The Kier molecular flexibility index (Phi) is 3.95. The molecule has 5 aromatic rings. The first-order valence-electron chi connectivity index (χ1n) is 9.01. The predicted octanol–water partition coefficient (Wildman–Crippen LogP) is 5.78. The van der Waals surface area contributed by atoms with Crippen LogP contribution in [0.25, 0.3) is 27.0 Å². The number of amides is 1. The smallest absolute Gasteiger partial charge is 0.265 e. The van der Waals surface area contributed by atoms with Crippen molar-refractivity contribution in [3.63, 3.8) is 0 Å². The molecule has 1 N–H and O–H groups in total. The highest BCUT2D eigenvalue weighted by molar-refractivity contribution is 7.20. The highest BCUT2D eigenvalue weighted by atomic mass is 32.1. The van der Waals surface area contributed by atoms with Gasteiger partial charge in [0.2, 0.25) is 0 Å². The van der Waals surface area contributed by atoms with E-state index in [1.807, 2.05) is 71.4 Å². The van der Waals surface area contributed by atoms with Crippen LogP contribution in [-0.4, -0.2) is 15.3 Å². The summed E-state index contributed by atoms with van der Waals surface area (Å²) in [4.78, 5) is 18.0. The first-order chi connectivity index (χ1) is 13.7. The molecular weight excluding hydrogens is 366 g/mol. The van der Waals surface area contributed by atoms with Crippen molar-refractivity contribution in [1.29, 1.82) is 0 Å². The molecule has 0 radical (unpaired) electrons. The Morgan fingerprint density at radius 3 is 2.68 bits per heavy atom. The minimum atomic E-state index is -0.0860. The fourth-order valence-corrected chi connectivity index (χ4v) is 4.19. The molecule has 1 amide bonds. The van der Waals surface area contributed by atoms with Gasteiger partial charge >= 0.3 is 0 Å². The minimum Gasteiger partial charge on any atom is -0.321 e. The maximum Gasteiger partial charge on any atom is 0.265 e. The molecule has 0 aliphatic rings. The van der Waals surface area contributed by atoms with E-state index >= 15 is 0 Å². The molecule has 5 heteroatoms. The molecule has 3 heterocycles. The van der Waals surface area contributed by atoms with Gasteiger partial charge in [-0.25, -0.2) is 4.98 Å². The van der Waals surface area contributed by atoms with Crippen molar-refractivity contribution < 1.29 is 4.79 Å². The lowest BCUT2D eigenvalue weighted by molar-refractivity contribution is 0.103. The number of imidazole rings is 1. The molecule has 3 aromatic heterocycles. The minimum absolute atomic E-state index is 0.0860. The van der Waals surface area contributed by atoms with Gasteiger partial charge in [0, 0.05) is 28.3 Å². The Labute approximate surface area is 166 Å². The van der Waals surface area contributed by atoms with E-state index in [1.165, 1.54) is 16.9 Å². The van der Waals surface area contributed by atoms with Gasteiger partial charge in [0.25, 0.3) is 5.91 Å². The summed E-state index contributed by atoms with van der Waals surface area (Å²) in [6.07, 6.45) is 4.03. The first-order valence-corrected chi connectivity index (χ1v) is 9.83. The van der Waals surface area contributed by atoms with E-state index in [2.05, 4.69) is 29.4 Å². The average Bonchev–Trinajstić information content (AvgIpc) is 3.32. The number of hydrogen-bond acceptors (Lipinski definition) is 3. The standard InChI is InChI=1S/C23H17N3OS/c1-15-10-11-26-14-19(25-22(26)12-15)16-6-8-18(9-7-16)24-23(27)21-13-17-4-2-3-5-20(17)28-21/h2-14H,1H3,(H,24,27). The number of hydrogen-bond donors (Lipinski definition) is 1. The zero-order chi connectivity index (χ0) is 19.1. The number of carbonyl (C=O) groups is 1. The third-order valence-electron chi connectivity index (χ3n) is 4.70. The highest BCUT2D eigenvalue weighted by Gasteiger charge is 2.11. The number of aryl methyl sites for hydroxylation is 1. The molecule has 0 saturated heterocycles. The number of carbonyl (C=O) groups excluding carboxylic acids is 1. The number of thiophene rings is 1. The largest absolute Gasteiger partial charge is 0.321 e. The zero-order valence-electron chi connectivity index (χ0n) is 15.2. The van der Waals surface area contributed by atoms with E-state index < -0.39 is 0 Å². The summed E-state index contributed by atoms with van der Waals surface area (Å²) >= 11 is 1.50. The average molecular weight is 383 g/mol. The van der Waals surface area contributed by atoms with Crippen LogP contribution in [0, 0.1) is 6.92 Å². The lowest BCUT2D eigenvalue weighted by atomic mass is 10.1. The molecule has 0 aliphatic heterocycles. The van der Waals surface area contributed by atoms with Crippen LogP contribution in [-0.2, 0) is 0 Å². The van der Waals surface area contributed by atoms with Gasteiger partial charge in [0.1, 0.15) is 5.65 Å². The van der Waals surface area contributed by atoms with Gasteiger partial charge < -0.3 is 9.72 Å². The summed E-state index contributed by atoms with van der Waals surface area (Å²) in [6.45, 7) is 2.06. The summed E-state index contributed by atoms with van der Waals surface area (Å²) in [5, 5.41) is 4.07. The Morgan fingerprint density at radius 2 is 1.86 bits per heavy atom. The van der Waals surface area contributed by atoms with E-state index in [0.717, 1.165) is 32.7 Å². The molecule has 0 fully saturated rings. The van der Waals surface area contributed by atoms with Gasteiger partial charge in [-0.05, 0) is 54.3 Å². The molecule has 0 atom stereocenters. The summed E-state index contributed by atoms with van der Waals surface area (Å²) in [7, 11) is 0. The normalized spacial score (nSPS) is 11.2. The number of nitrogens with zero attached hydrogens (tertiary/aromatic N) is 2. The molecule has 2 aromatic carbocycles. The molecule has 5 rings (SSSR count). The van der Waals surface area contributed by atoms with Gasteiger partial charge in [-0.2, -0.15) is 0 Å². The summed E-state index contributed by atoms with van der Waals surface area (Å²) < 4.78 is 3.13. The number of anilines is 1. The van der Waals surface area contributed by atoms with Crippen LogP contribution in [0.4, 0.5) is 5.69 Å². The van der Waals surface area contributed by atoms with Gasteiger partial charge in [0.05, 0.1) is 10.6 Å². The van der Waals surface area contributed by atoms with Crippen LogP contribution in [0.5, 0.6) is 0 Å². The molecule has 136 valence electrons. The second kappa shape index (κ2) is 6.62. The van der Waals surface area contributed by atoms with Crippen molar-refractivity contribution in [3.05, 3.63) is 89.6 Å². The molecule has 4 nitrogen and oxygen atoms in total. The van der Waals surface area contributed by atoms with Crippen LogP contribution in [0.1, 0.15) is 15.2 Å². The molecule has 28 heavy (non-hydrogen) atoms. The second-order valence-corrected chi connectivity index (χ2v) is 7.86. The van der Waals surface area contributed by atoms with Gasteiger partial charge in [-0.3, -0.25) is 4.79 Å². The maximum absolute atomic E-state index is 12.6. The Morgan fingerprint density at radius 1 is 1.04 bits per heavy atom. The summed E-state index contributed by atoms with van der Waals surface area (Å²) in [6, 6.07) is 21.9. The molecule has 0 unspecified atom stereocenters. The van der Waals surface area contributed by atoms with Crippen molar-refractivity contribution in [1.82, 2.24) is 9.38 Å². The van der Waals surface area contributed by atoms with E-state index in [-0.39, 0.29) is 5.91 Å². The van der Waals surface area contributed by atoms with Crippen LogP contribution < -0.4 is 5.32 Å². The van der Waals surface area contributed by atoms with Gasteiger partial charge in [-0.15, -0.1) is 11.3 Å². The van der Waals surface area contributed by atoms with E-state index in [9.17, 15) is 4.79 Å². The number of benzene rings is 2. The Bertz CT molecular complexity index is 1280. The summed E-state index contributed by atoms with van der Waals surface area (Å²) in [5.74, 6) is -0.0860. The van der Waals surface area contributed by atoms with Crippen LogP contribution in [0.15, 0.2) is 79.1 Å². The quantitative estimate of drug-likeness (QED) is 0.429. The Hall–Kier alpha value is -3.44. The van der Waals surface area contributed by atoms with Gasteiger partial charge in [-0.1, -0.05) is 30.3 Å². The van der Waals surface area contributed by atoms with Crippen molar-refractivity contribution >= 4 is 38.7 Å². The van der Waals surface area contributed by atoms with Crippen LogP contribution in [0.2, 0.25) is 0 Å². The first kappa shape index (κ1) is 16.7. The van der Waals surface area contributed by atoms with E-state index in [1.54, 1.807) is 0 Å². The lowest BCUT2D eigenvalue weighted by Crippen LogP contribution is -2.09. The van der Waals surface area contributed by atoms with E-state index in [0.29, 0.717) is 4.88 Å². The fraction of sp³-hybridized carbons (Fsp3) is 0.0435. The van der Waals surface area contributed by atoms with Gasteiger partial charge in [0.15, 0.2) is 0 Å². The lowest BCUT2D eigenvalue weighted by Gasteiger charge is -2.04. The molecule has 0 aliphatic carbocycles. The number of aromatic nitrogens is 2.